The molecule has 8 heteroatoms. The molecule has 0 saturated carbocycles. The summed E-state index contributed by atoms with van der Waals surface area (Å²) in [6.45, 7) is 0. The summed E-state index contributed by atoms with van der Waals surface area (Å²) >= 11 is 1.93. The third-order valence-electron chi connectivity index (χ3n) is 2.91. The molecule has 0 aliphatic carbocycles. The number of hydrogen-bond donors (Lipinski definition) is 0. The average molecular weight is 416 g/mol. The van der Waals surface area contributed by atoms with E-state index >= 15 is 0 Å². The van der Waals surface area contributed by atoms with E-state index in [1.165, 1.54) is 18.9 Å². The molecule has 22 heavy (non-hydrogen) atoms. The number of halogens is 1. The van der Waals surface area contributed by atoms with Crippen molar-refractivity contribution in [2.45, 2.75) is 0 Å². The van der Waals surface area contributed by atoms with Crippen molar-refractivity contribution in [1.82, 2.24) is 9.78 Å². The number of nitrogens with zero attached hydrogens (tertiary/aromatic N) is 2. The van der Waals surface area contributed by atoms with Crippen LogP contribution in [0.1, 0.15) is 20.8 Å². The molecular weight excluding hydrogens is 403 g/mol. The van der Waals surface area contributed by atoms with Crippen LogP contribution in [0.4, 0.5) is 0 Å². The predicted molar refractivity (Wildman–Crippen MR) is 85.5 cm³/mol. The van der Waals surface area contributed by atoms with Gasteiger partial charge in [0.25, 0.3) is 0 Å². The highest BCUT2D eigenvalue weighted by molar-refractivity contribution is 14.1. The molecule has 0 aliphatic heterocycles. The van der Waals surface area contributed by atoms with Crippen LogP contribution in [0.2, 0.25) is 0 Å². The fourth-order valence-corrected chi connectivity index (χ4v) is 2.68. The largest absolute Gasteiger partial charge is 0.497 e. The summed E-state index contributed by atoms with van der Waals surface area (Å²) in [4.78, 5) is 23.7. The van der Waals surface area contributed by atoms with Crippen LogP contribution in [0.25, 0.3) is 5.69 Å². The summed E-state index contributed by atoms with van der Waals surface area (Å²) in [5.74, 6) is -0.664. The van der Waals surface area contributed by atoms with Gasteiger partial charge in [-0.3, -0.25) is 0 Å². The fraction of sp³-hybridized carbons (Fsp3) is 0.214. The van der Waals surface area contributed by atoms with Gasteiger partial charge in [0.15, 0.2) is 5.69 Å². The molecular formula is C14H13IN2O5. The van der Waals surface area contributed by atoms with E-state index in [-0.39, 0.29) is 11.3 Å². The molecule has 0 saturated heterocycles. The number of hydrogen-bond acceptors (Lipinski definition) is 6. The molecule has 2 aromatic rings. The smallest absolute Gasteiger partial charge is 0.359 e. The van der Waals surface area contributed by atoms with Crippen LogP contribution in [-0.4, -0.2) is 43.0 Å². The maximum atomic E-state index is 11.9. The number of aromatic nitrogens is 2. The van der Waals surface area contributed by atoms with Crippen LogP contribution in [-0.2, 0) is 9.47 Å². The van der Waals surface area contributed by atoms with E-state index in [4.69, 9.17) is 9.47 Å². The van der Waals surface area contributed by atoms with Gasteiger partial charge in [-0.25, -0.2) is 14.3 Å². The topological polar surface area (TPSA) is 79.6 Å². The Balaban J connectivity index is 2.59. The molecule has 116 valence electrons. The van der Waals surface area contributed by atoms with E-state index in [1.807, 2.05) is 22.6 Å². The molecule has 0 aliphatic rings. The second-order valence-corrected chi connectivity index (χ2v) is 5.13. The molecule has 0 atom stereocenters. The molecule has 2 rings (SSSR count). The Hall–Kier alpha value is -2.10. The number of ether oxygens (including phenoxy) is 3. The van der Waals surface area contributed by atoms with Gasteiger partial charge in [-0.1, -0.05) is 0 Å². The lowest BCUT2D eigenvalue weighted by Crippen LogP contribution is -2.11. The second kappa shape index (κ2) is 6.77. The SMILES string of the molecule is COC(=O)c1nn(-c2ccc(OC)cc2)c(I)c1C(=O)OC. The van der Waals surface area contributed by atoms with Crippen molar-refractivity contribution in [2.75, 3.05) is 21.3 Å². The summed E-state index contributed by atoms with van der Waals surface area (Å²) in [5.41, 5.74) is 0.658. The minimum Gasteiger partial charge on any atom is -0.497 e. The molecule has 0 N–H and O–H groups in total. The van der Waals surface area contributed by atoms with Crippen molar-refractivity contribution >= 4 is 34.5 Å². The van der Waals surface area contributed by atoms with Crippen LogP contribution in [0.15, 0.2) is 24.3 Å². The molecule has 0 amide bonds. The Morgan fingerprint density at radius 1 is 1.05 bits per heavy atom. The number of carbonyl (C=O) groups is 2. The fourth-order valence-electron chi connectivity index (χ4n) is 1.81. The standard InChI is InChI=1S/C14H13IN2O5/c1-20-9-6-4-8(5-7-9)17-12(15)10(13(18)21-2)11(16-17)14(19)22-3/h4-7H,1-3H3. The van der Waals surface area contributed by atoms with Crippen molar-refractivity contribution in [3.05, 3.63) is 39.2 Å². The lowest BCUT2D eigenvalue weighted by Gasteiger charge is -2.05. The Morgan fingerprint density at radius 3 is 2.14 bits per heavy atom. The van der Waals surface area contributed by atoms with Crippen LogP contribution in [0, 0.1) is 3.70 Å². The normalized spacial score (nSPS) is 10.2. The van der Waals surface area contributed by atoms with Crippen molar-refractivity contribution in [1.29, 1.82) is 0 Å². The van der Waals surface area contributed by atoms with Crippen molar-refractivity contribution < 1.29 is 23.8 Å². The molecule has 1 aromatic heterocycles. The van der Waals surface area contributed by atoms with Crippen LogP contribution in [0.5, 0.6) is 5.75 Å². The first kappa shape index (κ1) is 16.3. The number of benzene rings is 1. The average Bonchev–Trinajstić information content (AvgIpc) is 2.90. The monoisotopic (exact) mass is 416 g/mol. The van der Waals surface area contributed by atoms with Gasteiger partial charge >= 0.3 is 11.9 Å². The van der Waals surface area contributed by atoms with Gasteiger partial charge in [-0.2, -0.15) is 5.10 Å². The maximum absolute atomic E-state index is 11.9. The van der Waals surface area contributed by atoms with E-state index in [1.54, 1.807) is 31.4 Å². The van der Waals surface area contributed by atoms with Gasteiger partial charge in [-0.15, -0.1) is 0 Å². The first-order valence-corrected chi connectivity index (χ1v) is 7.21. The maximum Gasteiger partial charge on any atom is 0.359 e. The Morgan fingerprint density at radius 2 is 1.64 bits per heavy atom. The molecule has 0 unspecified atom stereocenters. The third kappa shape index (κ3) is 2.91. The zero-order chi connectivity index (χ0) is 16.3. The summed E-state index contributed by atoms with van der Waals surface area (Å²) in [7, 11) is 4.03. The van der Waals surface area contributed by atoms with E-state index < -0.39 is 11.9 Å². The van der Waals surface area contributed by atoms with Crippen LogP contribution in [0.3, 0.4) is 0 Å². The van der Waals surface area contributed by atoms with Crippen molar-refractivity contribution in [3.63, 3.8) is 0 Å². The lowest BCUT2D eigenvalue weighted by molar-refractivity contribution is 0.0551. The summed E-state index contributed by atoms with van der Waals surface area (Å²) in [6.07, 6.45) is 0. The van der Waals surface area contributed by atoms with E-state index in [0.29, 0.717) is 15.1 Å². The zero-order valence-corrected chi connectivity index (χ0v) is 14.3. The molecule has 0 bridgehead atoms. The number of rotatable bonds is 4. The Labute approximate surface area is 140 Å². The number of methoxy groups -OCH3 is 3. The highest BCUT2D eigenvalue weighted by Crippen LogP contribution is 2.23. The van der Waals surface area contributed by atoms with Gasteiger partial charge in [0, 0.05) is 0 Å². The Bertz CT molecular complexity index is 709. The molecule has 7 nitrogen and oxygen atoms in total. The van der Waals surface area contributed by atoms with Gasteiger partial charge < -0.3 is 14.2 Å². The van der Waals surface area contributed by atoms with Crippen LogP contribution < -0.4 is 4.74 Å². The second-order valence-electron chi connectivity index (χ2n) is 4.11. The highest BCUT2D eigenvalue weighted by Gasteiger charge is 2.28. The van der Waals surface area contributed by atoms with Gasteiger partial charge in [0.1, 0.15) is 15.0 Å². The third-order valence-corrected chi connectivity index (χ3v) is 3.91. The minimum atomic E-state index is -0.703. The zero-order valence-electron chi connectivity index (χ0n) is 12.1. The predicted octanol–water partition coefficient (Wildman–Crippen LogP) is 2.06. The first-order valence-electron chi connectivity index (χ1n) is 6.13. The van der Waals surface area contributed by atoms with E-state index in [2.05, 4.69) is 9.84 Å². The molecule has 1 aromatic carbocycles. The Kier molecular flexibility index (Phi) is 5.01. The van der Waals surface area contributed by atoms with E-state index in [9.17, 15) is 9.59 Å². The molecule has 0 fully saturated rings. The highest BCUT2D eigenvalue weighted by atomic mass is 127. The molecule has 0 spiro atoms. The van der Waals surface area contributed by atoms with Crippen molar-refractivity contribution in [3.8, 4) is 11.4 Å². The molecule has 1 heterocycles. The van der Waals surface area contributed by atoms with Crippen molar-refractivity contribution in [2.24, 2.45) is 0 Å². The number of esters is 2. The molecule has 0 radical (unpaired) electrons. The lowest BCUT2D eigenvalue weighted by atomic mass is 10.2. The first-order chi connectivity index (χ1) is 10.5. The minimum absolute atomic E-state index is 0.0748. The summed E-state index contributed by atoms with van der Waals surface area (Å²) < 4.78 is 16.4. The van der Waals surface area contributed by atoms with Gasteiger partial charge in [-0.05, 0) is 46.9 Å². The quantitative estimate of drug-likeness (QED) is 0.561. The van der Waals surface area contributed by atoms with Gasteiger partial charge in [0.05, 0.1) is 27.0 Å². The summed E-state index contributed by atoms with van der Waals surface area (Å²) in [6, 6.07) is 7.03. The summed E-state index contributed by atoms with van der Waals surface area (Å²) in [5, 5.41) is 4.17. The number of carbonyl (C=O) groups excluding carboxylic acids is 2. The van der Waals surface area contributed by atoms with E-state index in [0.717, 1.165) is 0 Å². The van der Waals surface area contributed by atoms with Gasteiger partial charge in [0.2, 0.25) is 0 Å². The van der Waals surface area contributed by atoms with Crippen LogP contribution >= 0.6 is 22.6 Å².